The summed E-state index contributed by atoms with van der Waals surface area (Å²) in [5.41, 5.74) is 2.10. The number of aromatic nitrogens is 2. The molecule has 0 bridgehead atoms. The van der Waals surface area contributed by atoms with E-state index in [1.807, 2.05) is 13.8 Å². The number of halogens is 3. The van der Waals surface area contributed by atoms with Crippen molar-refractivity contribution in [1.82, 2.24) is 9.97 Å². The number of hydrogen-bond acceptors (Lipinski definition) is 6. The molecule has 0 amide bonds. The van der Waals surface area contributed by atoms with E-state index in [1.165, 1.54) is 12.1 Å². The lowest BCUT2D eigenvalue weighted by Crippen LogP contribution is -2.40. The molecule has 1 aliphatic rings. The molecule has 1 aromatic heterocycles. The number of ether oxygens (including phenoxy) is 3. The van der Waals surface area contributed by atoms with Gasteiger partial charge in [0.1, 0.15) is 18.1 Å². The van der Waals surface area contributed by atoms with Crippen LogP contribution in [0.4, 0.5) is 13.2 Å². The van der Waals surface area contributed by atoms with Gasteiger partial charge in [-0.2, -0.15) is 13.2 Å². The Hall–Kier alpha value is -3.62. The zero-order valence-electron chi connectivity index (χ0n) is 22.1. The highest BCUT2D eigenvalue weighted by atomic mass is 19.4. The van der Waals surface area contributed by atoms with E-state index in [4.69, 9.17) is 19.2 Å². The summed E-state index contributed by atoms with van der Waals surface area (Å²) in [6, 6.07) is 8.43. The minimum Gasteiger partial charge on any atom is -0.488 e. The molecule has 0 unspecified atom stereocenters. The smallest absolute Gasteiger partial charge is 0.416 e. The van der Waals surface area contributed by atoms with Gasteiger partial charge in [0, 0.05) is 23.2 Å². The fourth-order valence-electron chi connectivity index (χ4n) is 4.00. The van der Waals surface area contributed by atoms with E-state index in [1.54, 1.807) is 39.1 Å². The average molecular weight is 529 g/mol. The number of carbonyl (C=O) groups is 1. The van der Waals surface area contributed by atoms with Crippen molar-refractivity contribution in [3.8, 4) is 22.9 Å². The lowest BCUT2D eigenvalue weighted by molar-refractivity contribution is -0.158. The molecule has 0 aliphatic heterocycles. The second-order valence-corrected chi connectivity index (χ2v) is 9.89. The van der Waals surface area contributed by atoms with Crippen molar-refractivity contribution >= 4 is 5.97 Å². The highest BCUT2D eigenvalue weighted by Gasteiger charge is 2.33. The molecule has 1 saturated carbocycles. The molecule has 9 heteroatoms. The maximum atomic E-state index is 12.9. The van der Waals surface area contributed by atoms with Gasteiger partial charge in [0.25, 0.3) is 0 Å². The Labute approximate surface area is 220 Å². The van der Waals surface area contributed by atoms with Gasteiger partial charge < -0.3 is 14.2 Å². The standard InChI is InChI=1S/C29H31F3N2O4/c1-6-36-27(35)28(4,5)38-24-14-13-23(17(2)18(24)3)37-16-21-15-33-26(34-25(21)19-7-8-19)20-9-11-22(12-10-20)29(30,31)32/h9-15,19H,6-8,16H2,1-5H3. The fourth-order valence-corrected chi connectivity index (χ4v) is 4.00. The summed E-state index contributed by atoms with van der Waals surface area (Å²) in [6.07, 6.45) is -0.708. The average Bonchev–Trinajstić information content (AvgIpc) is 3.71. The lowest BCUT2D eigenvalue weighted by atomic mass is 10.1. The van der Waals surface area contributed by atoms with E-state index < -0.39 is 23.3 Å². The van der Waals surface area contributed by atoms with Gasteiger partial charge in [-0.3, -0.25) is 0 Å². The van der Waals surface area contributed by atoms with E-state index >= 15 is 0 Å². The van der Waals surface area contributed by atoms with Crippen LogP contribution in [0.3, 0.4) is 0 Å². The Morgan fingerprint density at radius 1 is 1.00 bits per heavy atom. The monoisotopic (exact) mass is 528 g/mol. The molecule has 38 heavy (non-hydrogen) atoms. The van der Waals surface area contributed by atoms with Crippen LogP contribution in [0.15, 0.2) is 42.6 Å². The highest BCUT2D eigenvalue weighted by molar-refractivity contribution is 5.79. The van der Waals surface area contributed by atoms with Gasteiger partial charge in [-0.1, -0.05) is 12.1 Å². The molecule has 0 spiro atoms. The number of hydrogen-bond donors (Lipinski definition) is 0. The zero-order valence-corrected chi connectivity index (χ0v) is 22.1. The van der Waals surface area contributed by atoms with E-state index in [0.717, 1.165) is 47.4 Å². The summed E-state index contributed by atoms with van der Waals surface area (Å²) in [5.74, 6) is 1.47. The second-order valence-electron chi connectivity index (χ2n) is 9.89. The van der Waals surface area contributed by atoms with Crippen molar-refractivity contribution in [1.29, 1.82) is 0 Å². The third kappa shape index (κ3) is 6.09. The van der Waals surface area contributed by atoms with Crippen molar-refractivity contribution in [2.45, 2.75) is 71.8 Å². The molecule has 0 saturated heterocycles. The summed E-state index contributed by atoms with van der Waals surface area (Å²) in [4.78, 5) is 21.3. The number of benzene rings is 2. The van der Waals surface area contributed by atoms with E-state index in [-0.39, 0.29) is 19.1 Å². The largest absolute Gasteiger partial charge is 0.488 e. The van der Waals surface area contributed by atoms with Gasteiger partial charge in [-0.15, -0.1) is 0 Å². The number of alkyl halides is 3. The SMILES string of the molecule is CCOC(=O)C(C)(C)Oc1ccc(OCc2cnc(-c3ccc(C(F)(F)F)cc3)nc2C2CC2)c(C)c1C. The molecule has 3 aromatic rings. The van der Waals surface area contributed by atoms with Crippen molar-refractivity contribution in [3.63, 3.8) is 0 Å². The third-order valence-electron chi connectivity index (χ3n) is 6.54. The third-order valence-corrected chi connectivity index (χ3v) is 6.54. The van der Waals surface area contributed by atoms with Crippen LogP contribution < -0.4 is 9.47 Å². The van der Waals surface area contributed by atoms with Gasteiger partial charge in [0.15, 0.2) is 11.4 Å². The Morgan fingerprint density at radius 3 is 2.24 bits per heavy atom. The topological polar surface area (TPSA) is 70.5 Å². The van der Waals surface area contributed by atoms with Crippen molar-refractivity contribution < 1.29 is 32.2 Å². The Balaban J connectivity index is 1.51. The predicted molar refractivity (Wildman–Crippen MR) is 136 cm³/mol. The maximum Gasteiger partial charge on any atom is 0.416 e. The van der Waals surface area contributed by atoms with E-state index in [2.05, 4.69) is 4.98 Å². The van der Waals surface area contributed by atoms with Crippen LogP contribution in [0.5, 0.6) is 11.5 Å². The van der Waals surface area contributed by atoms with Gasteiger partial charge >= 0.3 is 12.1 Å². The zero-order chi connectivity index (χ0) is 27.7. The Bertz CT molecular complexity index is 1320. The minimum absolute atomic E-state index is 0.244. The maximum absolute atomic E-state index is 12.9. The van der Waals surface area contributed by atoms with Crippen LogP contribution in [0.1, 0.15) is 67.5 Å². The molecule has 1 fully saturated rings. The van der Waals surface area contributed by atoms with Crippen LogP contribution in [-0.2, 0) is 22.3 Å². The molecule has 2 aromatic carbocycles. The van der Waals surface area contributed by atoms with Gasteiger partial charge in [0.2, 0.25) is 0 Å². The van der Waals surface area contributed by atoms with E-state index in [9.17, 15) is 18.0 Å². The first kappa shape index (κ1) is 27.4. The molecule has 0 radical (unpaired) electrons. The summed E-state index contributed by atoms with van der Waals surface area (Å²) >= 11 is 0. The van der Waals surface area contributed by atoms with Crippen molar-refractivity contribution in [2.75, 3.05) is 6.61 Å². The molecular formula is C29H31F3N2O4. The number of carbonyl (C=O) groups excluding carboxylic acids is 1. The van der Waals surface area contributed by atoms with Gasteiger partial charge in [0.05, 0.1) is 17.9 Å². The van der Waals surface area contributed by atoms with Crippen LogP contribution in [0, 0.1) is 13.8 Å². The molecule has 1 heterocycles. The summed E-state index contributed by atoms with van der Waals surface area (Å²) in [6.45, 7) is 9.41. The summed E-state index contributed by atoms with van der Waals surface area (Å²) in [7, 11) is 0. The molecule has 6 nitrogen and oxygen atoms in total. The first-order valence-corrected chi connectivity index (χ1v) is 12.5. The Kier molecular flexibility index (Phi) is 7.67. The van der Waals surface area contributed by atoms with Crippen molar-refractivity contribution in [2.24, 2.45) is 0 Å². The van der Waals surface area contributed by atoms with Crippen LogP contribution in [0.2, 0.25) is 0 Å². The minimum atomic E-state index is -4.39. The van der Waals surface area contributed by atoms with Gasteiger partial charge in [-0.05, 0) is 82.9 Å². The fraction of sp³-hybridized carbons (Fsp3) is 0.414. The first-order chi connectivity index (χ1) is 17.9. The predicted octanol–water partition coefficient (Wildman–Crippen LogP) is 6.96. The molecular weight excluding hydrogens is 497 g/mol. The molecule has 0 N–H and O–H groups in total. The number of rotatable bonds is 9. The number of esters is 1. The first-order valence-electron chi connectivity index (χ1n) is 12.5. The van der Waals surface area contributed by atoms with Crippen molar-refractivity contribution in [3.05, 3.63) is 70.5 Å². The van der Waals surface area contributed by atoms with Gasteiger partial charge in [-0.25, -0.2) is 14.8 Å². The summed E-state index contributed by atoms with van der Waals surface area (Å²) in [5, 5.41) is 0. The molecule has 202 valence electrons. The Morgan fingerprint density at radius 2 is 1.63 bits per heavy atom. The second kappa shape index (κ2) is 10.6. The van der Waals surface area contributed by atoms with Crippen LogP contribution in [0.25, 0.3) is 11.4 Å². The normalized spacial score (nSPS) is 13.8. The van der Waals surface area contributed by atoms with E-state index in [0.29, 0.717) is 22.9 Å². The molecule has 4 rings (SSSR count). The highest BCUT2D eigenvalue weighted by Crippen LogP contribution is 2.41. The summed E-state index contributed by atoms with van der Waals surface area (Å²) < 4.78 is 56.0. The molecule has 1 aliphatic carbocycles. The van der Waals surface area contributed by atoms with Crippen LogP contribution in [-0.4, -0.2) is 28.1 Å². The molecule has 0 atom stereocenters. The lowest BCUT2D eigenvalue weighted by Gasteiger charge is -2.26. The quantitative estimate of drug-likeness (QED) is 0.280. The number of nitrogens with zero attached hydrogens (tertiary/aromatic N) is 2. The van der Waals surface area contributed by atoms with Crippen LogP contribution >= 0.6 is 0 Å².